The fourth-order valence-corrected chi connectivity index (χ4v) is 1.82. The summed E-state index contributed by atoms with van der Waals surface area (Å²) in [5, 5.41) is 4.18. The van der Waals surface area contributed by atoms with Crippen LogP contribution >= 0.6 is 0 Å². The molecule has 0 saturated heterocycles. The number of aromatic nitrogens is 5. The summed E-state index contributed by atoms with van der Waals surface area (Å²) in [5.41, 5.74) is 6.76. The van der Waals surface area contributed by atoms with Crippen LogP contribution in [0.25, 0.3) is 0 Å². The average molecular weight is 276 g/mol. The largest absolute Gasteiger partial charge is 0.368 e. The zero-order chi connectivity index (χ0) is 14.7. The highest BCUT2D eigenvalue weighted by atomic mass is 15.3. The molecule has 0 fully saturated rings. The zero-order valence-corrected chi connectivity index (χ0v) is 12.3. The molecule has 0 radical (unpaired) electrons. The monoisotopic (exact) mass is 276 g/mol. The predicted octanol–water partition coefficient (Wildman–Crippen LogP) is 0.280. The molecule has 2 N–H and O–H groups in total. The van der Waals surface area contributed by atoms with E-state index >= 15 is 0 Å². The molecular formula is C12H20N8. The molecule has 0 aliphatic heterocycles. The van der Waals surface area contributed by atoms with E-state index in [1.54, 1.807) is 4.68 Å². The maximum Gasteiger partial charge on any atom is 0.229 e. The van der Waals surface area contributed by atoms with Crippen LogP contribution in [0, 0.1) is 0 Å². The Labute approximate surface area is 118 Å². The van der Waals surface area contributed by atoms with Gasteiger partial charge in [-0.05, 0) is 6.92 Å². The van der Waals surface area contributed by atoms with E-state index in [9.17, 15) is 0 Å². The third kappa shape index (κ3) is 3.14. The van der Waals surface area contributed by atoms with E-state index in [4.69, 9.17) is 5.73 Å². The molecule has 0 atom stereocenters. The molecule has 8 nitrogen and oxygen atoms in total. The Balaban J connectivity index is 2.23. The number of nitrogens with two attached hydrogens (primary N) is 1. The highest BCUT2D eigenvalue weighted by Crippen LogP contribution is 2.15. The first-order valence-electron chi connectivity index (χ1n) is 6.41. The van der Waals surface area contributed by atoms with Crippen LogP contribution in [0.3, 0.4) is 0 Å². The molecule has 0 aromatic carbocycles. The van der Waals surface area contributed by atoms with E-state index < -0.39 is 0 Å². The minimum absolute atomic E-state index is 0.237. The minimum Gasteiger partial charge on any atom is -0.368 e. The molecule has 0 spiro atoms. The highest BCUT2D eigenvalue weighted by Gasteiger charge is 2.12. The molecule has 0 bridgehead atoms. The molecule has 2 aromatic heterocycles. The van der Waals surface area contributed by atoms with Gasteiger partial charge in [0, 0.05) is 33.9 Å². The van der Waals surface area contributed by atoms with Gasteiger partial charge in [-0.3, -0.25) is 4.68 Å². The molecule has 0 amide bonds. The highest BCUT2D eigenvalue weighted by molar-refractivity contribution is 5.42. The van der Waals surface area contributed by atoms with Gasteiger partial charge in [-0.2, -0.15) is 20.1 Å². The predicted molar refractivity (Wildman–Crippen MR) is 78.5 cm³/mol. The van der Waals surface area contributed by atoms with Crippen LogP contribution in [0.1, 0.15) is 12.7 Å². The van der Waals surface area contributed by atoms with Crippen LogP contribution in [0.5, 0.6) is 0 Å². The van der Waals surface area contributed by atoms with Gasteiger partial charge >= 0.3 is 0 Å². The number of anilines is 3. The van der Waals surface area contributed by atoms with E-state index in [1.807, 2.05) is 38.4 Å². The molecule has 0 aliphatic rings. The van der Waals surface area contributed by atoms with Crippen LogP contribution in [0.4, 0.5) is 17.6 Å². The fourth-order valence-electron chi connectivity index (χ4n) is 1.82. The summed E-state index contributed by atoms with van der Waals surface area (Å²) in [6.45, 7) is 3.47. The van der Waals surface area contributed by atoms with Gasteiger partial charge in [0.05, 0.1) is 18.4 Å². The van der Waals surface area contributed by atoms with Crippen LogP contribution < -0.4 is 15.5 Å². The minimum atomic E-state index is 0.237. The van der Waals surface area contributed by atoms with Crippen molar-refractivity contribution in [2.45, 2.75) is 13.5 Å². The number of hydrogen-bond donors (Lipinski definition) is 1. The van der Waals surface area contributed by atoms with Gasteiger partial charge in [-0.1, -0.05) is 0 Å². The van der Waals surface area contributed by atoms with Gasteiger partial charge < -0.3 is 15.5 Å². The van der Waals surface area contributed by atoms with Crippen molar-refractivity contribution in [3.05, 3.63) is 18.2 Å². The van der Waals surface area contributed by atoms with Crippen molar-refractivity contribution in [1.29, 1.82) is 0 Å². The van der Waals surface area contributed by atoms with E-state index in [0.29, 0.717) is 18.3 Å². The van der Waals surface area contributed by atoms with Crippen molar-refractivity contribution in [2.24, 2.45) is 7.05 Å². The number of rotatable bonds is 5. The Kier molecular flexibility index (Phi) is 4.02. The number of hydrogen-bond acceptors (Lipinski definition) is 7. The topological polar surface area (TPSA) is 89.0 Å². The second kappa shape index (κ2) is 5.72. The molecule has 0 saturated carbocycles. The van der Waals surface area contributed by atoms with Crippen molar-refractivity contribution in [1.82, 2.24) is 24.7 Å². The van der Waals surface area contributed by atoms with Crippen LogP contribution in [-0.4, -0.2) is 45.4 Å². The summed E-state index contributed by atoms with van der Waals surface area (Å²) in [7, 11) is 5.64. The lowest BCUT2D eigenvalue weighted by molar-refractivity contribution is 0.758. The quantitative estimate of drug-likeness (QED) is 0.839. The Morgan fingerprint density at radius 3 is 2.55 bits per heavy atom. The van der Waals surface area contributed by atoms with Crippen molar-refractivity contribution in [3.8, 4) is 0 Å². The second-order valence-electron chi connectivity index (χ2n) is 4.69. The zero-order valence-electron chi connectivity index (χ0n) is 12.3. The third-order valence-electron chi connectivity index (χ3n) is 2.86. The van der Waals surface area contributed by atoms with Gasteiger partial charge in [0.2, 0.25) is 11.9 Å². The van der Waals surface area contributed by atoms with Crippen LogP contribution in [0.15, 0.2) is 12.4 Å². The smallest absolute Gasteiger partial charge is 0.229 e. The molecule has 2 rings (SSSR count). The number of nitrogens with zero attached hydrogens (tertiary/aromatic N) is 7. The van der Waals surface area contributed by atoms with E-state index in [1.165, 1.54) is 0 Å². The summed E-state index contributed by atoms with van der Waals surface area (Å²) < 4.78 is 1.77. The maximum atomic E-state index is 5.73. The van der Waals surface area contributed by atoms with Gasteiger partial charge in [-0.25, -0.2) is 0 Å². The third-order valence-corrected chi connectivity index (χ3v) is 2.86. The standard InChI is InChI=1S/C12H20N8/c1-5-20(9-6-14-19(4)7-9)8-10-15-11(13)17-12(16-10)18(2)3/h6-7H,5,8H2,1-4H3,(H2,13,15,16,17). The van der Waals surface area contributed by atoms with Gasteiger partial charge in [0.15, 0.2) is 5.82 Å². The van der Waals surface area contributed by atoms with Crippen molar-refractivity contribution < 1.29 is 0 Å². The Bertz CT molecular complexity index is 577. The first-order chi connectivity index (χ1) is 9.49. The first kappa shape index (κ1) is 14.0. The fraction of sp³-hybridized carbons (Fsp3) is 0.500. The SMILES string of the molecule is CCN(Cc1nc(N)nc(N(C)C)n1)c1cnn(C)c1. The lowest BCUT2D eigenvalue weighted by atomic mass is 10.4. The van der Waals surface area contributed by atoms with Crippen molar-refractivity contribution >= 4 is 17.6 Å². The van der Waals surface area contributed by atoms with Gasteiger partial charge in [0.1, 0.15) is 0 Å². The van der Waals surface area contributed by atoms with Gasteiger partial charge in [-0.15, -0.1) is 0 Å². The van der Waals surface area contributed by atoms with Crippen molar-refractivity contribution in [3.63, 3.8) is 0 Å². The van der Waals surface area contributed by atoms with E-state index in [-0.39, 0.29) is 5.95 Å². The van der Waals surface area contributed by atoms with E-state index in [2.05, 4.69) is 31.9 Å². The molecule has 0 unspecified atom stereocenters. The average Bonchev–Trinajstić information content (AvgIpc) is 2.81. The summed E-state index contributed by atoms with van der Waals surface area (Å²) >= 11 is 0. The molecule has 0 aliphatic carbocycles. The summed E-state index contributed by atoms with van der Waals surface area (Å²) in [4.78, 5) is 16.6. The van der Waals surface area contributed by atoms with E-state index in [0.717, 1.165) is 12.2 Å². The Hall–Kier alpha value is -2.38. The van der Waals surface area contributed by atoms with Crippen LogP contribution in [0.2, 0.25) is 0 Å². The molecule has 8 heteroatoms. The maximum absolute atomic E-state index is 5.73. The lowest BCUT2D eigenvalue weighted by Crippen LogP contribution is -2.24. The molecule has 108 valence electrons. The molecule has 2 heterocycles. The summed E-state index contributed by atoms with van der Waals surface area (Å²) in [6, 6.07) is 0. The summed E-state index contributed by atoms with van der Waals surface area (Å²) in [6.07, 6.45) is 3.78. The first-order valence-corrected chi connectivity index (χ1v) is 6.41. The molecular weight excluding hydrogens is 256 g/mol. The van der Waals surface area contributed by atoms with Crippen LogP contribution in [-0.2, 0) is 13.6 Å². The van der Waals surface area contributed by atoms with Gasteiger partial charge in [0.25, 0.3) is 0 Å². The number of aryl methyl sites for hydroxylation is 1. The normalized spacial score (nSPS) is 10.6. The molecule has 2 aromatic rings. The number of nitrogen functional groups attached to an aromatic ring is 1. The second-order valence-corrected chi connectivity index (χ2v) is 4.69. The lowest BCUT2D eigenvalue weighted by Gasteiger charge is -2.20. The summed E-state index contributed by atoms with van der Waals surface area (Å²) in [5.74, 6) is 1.45. The Morgan fingerprint density at radius 2 is 2.00 bits per heavy atom. The van der Waals surface area contributed by atoms with Crippen molar-refractivity contribution in [2.75, 3.05) is 36.2 Å². The molecule has 20 heavy (non-hydrogen) atoms. The Morgan fingerprint density at radius 1 is 1.25 bits per heavy atom.